The summed E-state index contributed by atoms with van der Waals surface area (Å²) in [6, 6.07) is 8.28. The Balaban J connectivity index is 2.26. The lowest BCUT2D eigenvalue weighted by Crippen LogP contribution is -2.35. The number of para-hydroxylation sites is 1. The molecule has 3 amide bonds. The molecule has 0 aromatic heterocycles. The van der Waals surface area contributed by atoms with Crippen molar-refractivity contribution < 1.29 is 9.59 Å². The zero-order chi connectivity index (χ0) is 12.4. The molecule has 1 aromatic rings. The smallest absolute Gasteiger partial charge is 0.325 e. The van der Waals surface area contributed by atoms with Gasteiger partial charge in [-0.3, -0.25) is 4.79 Å². The third-order valence-corrected chi connectivity index (χ3v) is 3.20. The second kappa shape index (κ2) is 4.57. The summed E-state index contributed by atoms with van der Waals surface area (Å²) in [4.78, 5) is 25.2. The Bertz CT molecular complexity index is 430. The predicted molar refractivity (Wildman–Crippen MR) is 65.7 cm³/mol. The summed E-state index contributed by atoms with van der Waals surface area (Å²) in [5, 5.41) is 2.74. The lowest BCUT2D eigenvalue weighted by molar-refractivity contribution is -0.119. The minimum Gasteiger partial charge on any atom is -0.325 e. The van der Waals surface area contributed by atoms with E-state index in [2.05, 4.69) is 5.32 Å². The number of amides is 3. The molecule has 2 atom stereocenters. The third-order valence-electron chi connectivity index (χ3n) is 3.20. The Morgan fingerprint density at radius 2 is 1.94 bits per heavy atom. The Morgan fingerprint density at radius 3 is 2.53 bits per heavy atom. The summed E-state index contributed by atoms with van der Waals surface area (Å²) >= 11 is 0. The van der Waals surface area contributed by atoms with Crippen LogP contribution in [0.3, 0.4) is 0 Å². The van der Waals surface area contributed by atoms with Gasteiger partial charge < -0.3 is 5.32 Å². The first-order valence-electron chi connectivity index (χ1n) is 5.84. The Hall–Kier alpha value is -1.84. The number of rotatable bonds is 3. The second-order valence-electron chi connectivity index (χ2n) is 4.32. The first-order chi connectivity index (χ1) is 8.15. The van der Waals surface area contributed by atoms with Gasteiger partial charge in [0.05, 0.1) is 5.69 Å². The van der Waals surface area contributed by atoms with E-state index < -0.39 is 6.04 Å². The van der Waals surface area contributed by atoms with E-state index in [0.29, 0.717) is 5.69 Å². The standard InChI is InChI=1S/C13H16N2O2/c1-3-9(2)11-12(16)15(13(17)14-11)10-7-5-4-6-8-10/h4-9,11H,3H2,1-2H3,(H,14,17)/t9-,11?/m0/s1. The van der Waals surface area contributed by atoms with E-state index in [9.17, 15) is 9.59 Å². The fourth-order valence-electron chi connectivity index (χ4n) is 1.94. The van der Waals surface area contributed by atoms with Crippen molar-refractivity contribution in [2.24, 2.45) is 5.92 Å². The van der Waals surface area contributed by atoms with E-state index >= 15 is 0 Å². The zero-order valence-electron chi connectivity index (χ0n) is 10.0. The predicted octanol–water partition coefficient (Wildman–Crippen LogP) is 2.16. The quantitative estimate of drug-likeness (QED) is 0.812. The van der Waals surface area contributed by atoms with Crippen LogP contribution in [0.1, 0.15) is 20.3 Å². The molecule has 1 aliphatic heterocycles. The van der Waals surface area contributed by atoms with Crippen molar-refractivity contribution in [2.75, 3.05) is 4.90 Å². The van der Waals surface area contributed by atoms with Crippen molar-refractivity contribution in [3.63, 3.8) is 0 Å². The fraction of sp³-hybridized carbons (Fsp3) is 0.385. The van der Waals surface area contributed by atoms with Crippen LogP contribution in [0, 0.1) is 5.92 Å². The van der Waals surface area contributed by atoms with Gasteiger partial charge in [-0.2, -0.15) is 0 Å². The molecule has 1 N–H and O–H groups in total. The summed E-state index contributed by atoms with van der Waals surface area (Å²) in [6.07, 6.45) is 0.860. The van der Waals surface area contributed by atoms with Crippen LogP contribution in [-0.2, 0) is 4.79 Å². The topological polar surface area (TPSA) is 49.4 Å². The van der Waals surface area contributed by atoms with Gasteiger partial charge in [0.25, 0.3) is 5.91 Å². The number of nitrogens with one attached hydrogen (secondary N) is 1. The molecule has 0 spiro atoms. The summed E-state index contributed by atoms with van der Waals surface area (Å²) in [5.74, 6) is -0.00397. The highest BCUT2D eigenvalue weighted by Gasteiger charge is 2.41. The minimum absolute atomic E-state index is 0.153. The van der Waals surface area contributed by atoms with Gasteiger partial charge in [-0.05, 0) is 18.1 Å². The molecule has 0 bridgehead atoms. The molecule has 0 radical (unpaired) electrons. The highest BCUT2D eigenvalue weighted by Crippen LogP contribution is 2.22. The Morgan fingerprint density at radius 1 is 1.29 bits per heavy atom. The molecule has 17 heavy (non-hydrogen) atoms. The molecule has 4 nitrogen and oxygen atoms in total. The maximum absolute atomic E-state index is 12.2. The lowest BCUT2D eigenvalue weighted by Gasteiger charge is -2.15. The van der Waals surface area contributed by atoms with Crippen molar-refractivity contribution in [1.82, 2.24) is 5.32 Å². The highest BCUT2D eigenvalue weighted by molar-refractivity contribution is 6.21. The van der Waals surface area contributed by atoms with Crippen molar-refractivity contribution in [1.29, 1.82) is 0 Å². The minimum atomic E-state index is -0.396. The van der Waals surface area contributed by atoms with Crippen molar-refractivity contribution in [2.45, 2.75) is 26.3 Å². The number of benzene rings is 1. The molecule has 90 valence electrons. The van der Waals surface area contributed by atoms with Gasteiger partial charge in [0, 0.05) is 0 Å². The molecule has 2 rings (SSSR count). The van der Waals surface area contributed by atoms with Crippen LogP contribution in [0.25, 0.3) is 0 Å². The first kappa shape index (κ1) is 11.6. The number of carbonyl (C=O) groups is 2. The van der Waals surface area contributed by atoms with Crippen LogP contribution < -0.4 is 10.2 Å². The number of urea groups is 1. The van der Waals surface area contributed by atoms with Gasteiger partial charge >= 0.3 is 6.03 Å². The molecule has 0 saturated carbocycles. The molecular formula is C13H16N2O2. The van der Waals surface area contributed by atoms with E-state index in [4.69, 9.17) is 0 Å². The van der Waals surface area contributed by atoms with E-state index in [1.54, 1.807) is 12.1 Å². The summed E-state index contributed by atoms with van der Waals surface area (Å²) in [7, 11) is 0. The normalized spacial score (nSPS) is 21.5. The van der Waals surface area contributed by atoms with E-state index in [0.717, 1.165) is 6.42 Å². The van der Waals surface area contributed by atoms with Crippen LogP contribution in [0.4, 0.5) is 10.5 Å². The van der Waals surface area contributed by atoms with Crippen LogP contribution in [0.5, 0.6) is 0 Å². The van der Waals surface area contributed by atoms with E-state index in [1.165, 1.54) is 4.90 Å². The van der Waals surface area contributed by atoms with E-state index in [-0.39, 0.29) is 17.9 Å². The van der Waals surface area contributed by atoms with Crippen LogP contribution in [0.15, 0.2) is 30.3 Å². The van der Waals surface area contributed by atoms with Gasteiger partial charge in [-0.15, -0.1) is 0 Å². The molecule has 4 heteroatoms. The monoisotopic (exact) mass is 232 g/mol. The average molecular weight is 232 g/mol. The maximum atomic E-state index is 12.2. The largest absolute Gasteiger partial charge is 0.329 e. The van der Waals surface area contributed by atoms with E-state index in [1.807, 2.05) is 32.0 Å². The molecule has 1 unspecified atom stereocenters. The second-order valence-corrected chi connectivity index (χ2v) is 4.32. The Kier molecular flexibility index (Phi) is 3.13. The Labute approximate surface area is 101 Å². The van der Waals surface area contributed by atoms with Gasteiger partial charge in [0.1, 0.15) is 6.04 Å². The van der Waals surface area contributed by atoms with Gasteiger partial charge in [-0.1, -0.05) is 38.5 Å². The van der Waals surface area contributed by atoms with Gasteiger partial charge in [-0.25, -0.2) is 9.69 Å². The van der Waals surface area contributed by atoms with Crippen LogP contribution in [-0.4, -0.2) is 18.0 Å². The number of hydrogen-bond donors (Lipinski definition) is 1. The molecule has 1 heterocycles. The first-order valence-corrected chi connectivity index (χ1v) is 5.84. The summed E-state index contributed by atoms with van der Waals surface area (Å²) in [6.45, 7) is 3.98. The SMILES string of the molecule is CC[C@H](C)C1NC(=O)N(c2ccccc2)C1=O. The van der Waals surface area contributed by atoms with Crippen LogP contribution in [0.2, 0.25) is 0 Å². The zero-order valence-corrected chi connectivity index (χ0v) is 10.0. The van der Waals surface area contributed by atoms with Crippen molar-refractivity contribution in [3.05, 3.63) is 30.3 Å². The van der Waals surface area contributed by atoms with Crippen LogP contribution >= 0.6 is 0 Å². The van der Waals surface area contributed by atoms with Crippen molar-refractivity contribution >= 4 is 17.6 Å². The molecule has 1 aromatic carbocycles. The fourth-order valence-corrected chi connectivity index (χ4v) is 1.94. The van der Waals surface area contributed by atoms with Gasteiger partial charge in [0.2, 0.25) is 0 Å². The molecule has 0 aliphatic carbocycles. The molecule has 1 aliphatic rings. The third kappa shape index (κ3) is 2.02. The number of nitrogens with zero attached hydrogens (tertiary/aromatic N) is 1. The highest BCUT2D eigenvalue weighted by atomic mass is 16.2. The molecular weight excluding hydrogens is 216 g/mol. The molecule has 1 fully saturated rings. The van der Waals surface area contributed by atoms with Crippen molar-refractivity contribution in [3.8, 4) is 0 Å². The molecule has 1 saturated heterocycles. The lowest BCUT2D eigenvalue weighted by atomic mass is 9.99. The number of anilines is 1. The number of carbonyl (C=O) groups excluding carboxylic acids is 2. The summed E-state index contributed by atoms with van der Waals surface area (Å²) in [5.41, 5.74) is 0.626. The number of hydrogen-bond acceptors (Lipinski definition) is 2. The van der Waals surface area contributed by atoms with Gasteiger partial charge in [0.15, 0.2) is 0 Å². The summed E-state index contributed by atoms with van der Waals surface area (Å²) < 4.78 is 0. The average Bonchev–Trinajstić information content (AvgIpc) is 2.65. The number of imide groups is 1. The maximum Gasteiger partial charge on any atom is 0.329 e.